The smallest absolute Gasteiger partial charge is 0.253 e. The zero-order valence-electron chi connectivity index (χ0n) is 26.6. The third-order valence-electron chi connectivity index (χ3n) is 7.26. The molecular weight excluding hydrogens is 641 g/mol. The van der Waals surface area contributed by atoms with E-state index in [1.165, 1.54) is 6.20 Å². The molecule has 3 rings (SSSR count). The Bertz CT molecular complexity index is 1340. The van der Waals surface area contributed by atoms with Gasteiger partial charge in [0.25, 0.3) is 11.8 Å². The maximum atomic E-state index is 13.8. The van der Waals surface area contributed by atoms with Crippen LogP contribution in [0.1, 0.15) is 55.3 Å². The first kappa shape index (κ1) is 39.4. The lowest BCUT2D eigenvalue weighted by atomic mass is 9.92. The van der Waals surface area contributed by atoms with Gasteiger partial charge in [-0.1, -0.05) is 61.9 Å². The maximum absolute atomic E-state index is 13.8. The number of pyridine rings is 1. The van der Waals surface area contributed by atoms with E-state index in [1.807, 2.05) is 42.7 Å². The Morgan fingerprint density at radius 1 is 0.809 bits per heavy atom. The van der Waals surface area contributed by atoms with Crippen LogP contribution in [0.2, 0.25) is 0 Å². The zero-order valence-corrected chi connectivity index (χ0v) is 28.3. The van der Waals surface area contributed by atoms with Crippen molar-refractivity contribution in [3.8, 4) is 0 Å². The Hall–Kier alpha value is -3.78. The van der Waals surface area contributed by atoms with E-state index in [1.54, 1.807) is 66.1 Å². The summed E-state index contributed by atoms with van der Waals surface area (Å²) in [7, 11) is 0. The van der Waals surface area contributed by atoms with Crippen molar-refractivity contribution in [3.05, 3.63) is 112 Å². The van der Waals surface area contributed by atoms with Crippen molar-refractivity contribution < 1.29 is 27.4 Å². The molecule has 0 saturated carbocycles. The molecule has 3 aromatic rings. The number of aliphatic hydroxyl groups is 2. The predicted octanol–water partition coefficient (Wildman–Crippen LogP) is 4.27. The van der Waals surface area contributed by atoms with E-state index in [4.69, 9.17) is 9.93 Å². The van der Waals surface area contributed by atoms with Crippen LogP contribution >= 0.6 is 23.5 Å². The highest BCUT2D eigenvalue weighted by Crippen LogP contribution is 2.16. The molecule has 0 aliphatic rings. The SMILES string of the molecule is CCCCSC[C@@H](NC(=O)c1cccnc1)C(=O)N[C@@H](Cc1ccccc1)[C@@H](O)[C@H](O)[C@@H](CCSC)NC(=O)c1ccccc1.O=O.[HH].[HH]. The Balaban J connectivity index is 0.00000565. The largest absolute Gasteiger partial charge is 0.388 e. The lowest BCUT2D eigenvalue weighted by Crippen LogP contribution is -2.59. The minimum absolute atomic E-state index is 0. The van der Waals surface area contributed by atoms with Crippen LogP contribution < -0.4 is 16.0 Å². The summed E-state index contributed by atoms with van der Waals surface area (Å²) in [5.74, 6) is 0.529. The predicted molar refractivity (Wildman–Crippen MR) is 193 cm³/mol. The summed E-state index contributed by atoms with van der Waals surface area (Å²) in [5.41, 5.74) is 1.61. The number of nitrogens with one attached hydrogen (secondary N) is 3. The number of carbonyl (C=O) groups excluding carboxylic acids is 3. The number of hydrogen-bond acceptors (Lipinski definition) is 10. The summed E-state index contributed by atoms with van der Waals surface area (Å²) in [4.78, 5) is 57.8. The number of carbonyl (C=O) groups is 3. The molecule has 0 unspecified atom stereocenters. The number of hydrogen-bond donors (Lipinski definition) is 5. The van der Waals surface area contributed by atoms with Crippen LogP contribution in [0.5, 0.6) is 0 Å². The Kier molecular flexibility index (Phi) is 19.0. The highest BCUT2D eigenvalue weighted by atomic mass is 32.2. The van der Waals surface area contributed by atoms with Crippen LogP contribution in [-0.4, -0.2) is 86.8 Å². The molecule has 0 spiro atoms. The second-order valence-electron chi connectivity index (χ2n) is 10.7. The van der Waals surface area contributed by atoms with Crippen molar-refractivity contribution in [2.45, 2.75) is 62.9 Å². The fraction of sp³-hybridized carbons (Fsp3) is 0.412. The van der Waals surface area contributed by atoms with Gasteiger partial charge in [-0.2, -0.15) is 23.5 Å². The minimum atomic E-state index is -1.43. The minimum Gasteiger partial charge on any atom is -0.388 e. The highest BCUT2D eigenvalue weighted by Gasteiger charge is 2.35. The lowest BCUT2D eigenvalue weighted by molar-refractivity contribution is -0.125. The molecule has 0 fully saturated rings. The molecule has 3 amide bonds. The van der Waals surface area contributed by atoms with Gasteiger partial charge in [0.1, 0.15) is 18.2 Å². The summed E-state index contributed by atoms with van der Waals surface area (Å²) in [5, 5.41) is 31.7. The highest BCUT2D eigenvalue weighted by molar-refractivity contribution is 7.99. The second-order valence-corrected chi connectivity index (χ2v) is 12.8. The van der Waals surface area contributed by atoms with Crippen molar-refractivity contribution >= 4 is 41.2 Å². The van der Waals surface area contributed by atoms with E-state index in [0.717, 1.165) is 24.2 Å². The molecule has 0 radical (unpaired) electrons. The first-order chi connectivity index (χ1) is 22.8. The number of aromatic nitrogens is 1. The van der Waals surface area contributed by atoms with Crippen molar-refractivity contribution in [1.82, 2.24) is 20.9 Å². The van der Waals surface area contributed by atoms with Crippen molar-refractivity contribution in [1.29, 1.82) is 0 Å². The molecule has 2 aromatic carbocycles. The van der Waals surface area contributed by atoms with Gasteiger partial charge in [0, 0.05) is 36.5 Å². The number of aliphatic hydroxyl groups excluding tert-OH is 2. The molecule has 1 heterocycles. The zero-order chi connectivity index (χ0) is 34.4. The lowest BCUT2D eigenvalue weighted by Gasteiger charge is -2.33. The summed E-state index contributed by atoms with van der Waals surface area (Å²) in [6.07, 6.45) is 4.72. The van der Waals surface area contributed by atoms with Crippen LogP contribution in [0, 0.1) is 9.93 Å². The summed E-state index contributed by atoms with van der Waals surface area (Å²) < 4.78 is 0. The molecule has 13 heteroatoms. The Labute approximate surface area is 287 Å². The monoisotopic (exact) mass is 688 g/mol. The Morgan fingerprint density at radius 2 is 1.43 bits per heavy atom. The summed E-state index contributed by atoms with van der Waals surface area (Å²) in [6, 6.07) is 18.7. The van der Waals surface area contributed by atoms with E-state index in [9.17, 15) is 24.6 Å². The number of rotatable bonds is 19. The molecule has 0 aliphatic carbocycles. The van der Waals surface area contributed by atoms with Gasteiger partial charge in [0.05, 0.1) is 17.6 Å². The average molecular weight is 689 g/mol. The van der Waals surface area contributed by atoms with E-state index >= 15 is 0 Å². The van der Waals surface area contributed by atoms with E-state index < -0.39 is 42.1 Å². The van der Waals surface area contributed by atoms with Gasteiger partial charge in [0.2, 0.25) is 5.91 Å². The van der Waals surface area contributed by atoms with Gasteiger partial charge < -0.3 is 26.2 Å². The van der Waals surface area contributed by atoms with Crippen LogP contribution in [0.15, 0.2) is 85.2 Å². The maximum Gasteiger partial charge on any atom is 0.253 e. The molecule has 0 aliphatic heterocycles. The fourth-order valence-electron chi connectivity index (χ4n) is 4.67. The number of benzene rings is 2. The fourth-order valence-corrected chi connectivity index (χ4v) is 6.29. The first-order valence-corrected chi connectivity index (χ1v) is 17.9. The summed E-state index contributed by atoms with van der Waals surface area (Å²) in [6.45, 7) is 2.09. The van der Waals surface area contributed by atoms with E-state index in [0.29, 0.717) is 29.1 Å². The number of thioether (sulfide) groups is 2. The second kappa shape index (κ2) is 22.7. The topological polar surface area (TPSA) is 175 Å². The molecule has 1 aromatic heterocycles. The van der Waals surface area contributed by atoms with E-state index in [-0.39, 0.29) is 15.2 Å². The van der Waals surface area contributed by atoms with Gasteiger partial charge >= 0.3 is 0 Å². The molecule has 47 heavy (non-hydrogen) atoms. The van der Waals surface area contributed by atoms with Crippen LogP contribution in [-0.2, 0) is 11.2 Å². The third-order valence-corrected chi connectivity index (χ3v) is 9.05. The van der Waals surface area contributed by atoms with Crippen LogP contribution in [0.3, 0.4) is 0 Å². The molecule has 0 saturated heterocycles. The standard InChI is InChI=1S/C34H44N4O5S2.O2.2H2/c1-3-4-19-45-23-29(38-33(42)26-16-11-18-35-22-26)34(43)37-28(21-24-12-7-5-8-13-24)31(40)30(39)27(17-20-44-2)36-32(41)25-14-9-6-10-15-25;1-2;;/h5-16,18,22,27-31,39-40H,3-4,17,19-21,23H2,1-2H3,(H,36,41)(H,37,43)(H,38,42);;2*1H/t27-,28+,29-,30-,31-;;;/m1.../s1. The van der Waals surface area contributed by atoms with Gasteiger partial charge in [0.15, 0.2) is 0 Å². The van der Waals surface area contributed by atoms with Gasteiger partial charge in [-0.05, 0) is 66.9 Å². The van der Waals surface area contributed by atoms with Crippen LogP contribution in [0.25, 0.3) is 0 Å². The van der Waals surface area contributed by atoms with E-state index in [2.05, 4.69) is 27.9 Å². The number of nitrogens with zero attached hydrogens (tertiary/aromatic N) is 1. The Morgan fingerprint density at radius 3 is 2.04 bits per heavy atom. The molecular formula is C34H48N4O7S2. The molecule has 5 atom stereocenters. The quantitative estimate of drug-likeness (QED) is 0.114. The molecule has 0 bridgehead atoms. The summed E-state index contributed by atoms with van der Waals surface area (Å²) >= 11 is 3.12. The number of amides is 3. The van der Waals surface area contributed by atoms with Crippen molar-refractivity contribution in [2.75, 3.05) is 23.5 Å². The molecule has 258 valence electrons. The molecule has 11 nitrogen and oxygen atoms in total. The first-order valence-electron chi connectivity index (χ1n) is 15.3. The van der Waals surface area contributed by atoms with Crippen molar-refractivity contribution in [2.24, 2.45) is 0 Å². The normalized spacial score (nSPS) is 13.9. The third kappa shape index (κ3) is 13.9. The van der Waals surface area contributed by atoms with Crippen LogP contribution in [0.4, 0.5) is 0 Å². The van der Waals surface area contributed by atoms with Gasteiger partial charge in [-0.15, -0.1) is 0 Å². The van der Waals surface area contributed by atoms with Gasteiger partial charge in [-0.3, -0.25) is 19.4 Å². The van der Waals surface area contributed by atoms with Crippen molar-refractivity contribution in [3.63, 3.8) is 0 Å². The van der Waals surface area contributed by atoms with Gasteiger partial charge in [-0.25, -0.2) is 0 Å². The molecule has 5 N–H and O–H groups in total. The average Bonchev–Trinajstić information content (AvgIpc) is 3.12. The number of unbranched alkanes of at least 4 members (excludes halogenated alkanes) is 1.